The average Bonchev–Trinajstić information content (AvgIpc) is 3.27. The van der Waals surface area contributed by atoms with Crippen LogP contribution in [0.3, 0.4) is 0 Å². The number of hydrogen-bond donors (Lipinski definition) is 0. The number of halogens is 1. The predicted octanol–water partition coefficient (Wildman–Crippen LogP) is 5.26. The lowest BCUT2D eigenvalue weighted by atomic mass is 9.73. The van der Waals surface area contributed by atoms with Crippen LogP contribution in [-0.4, -0.2) is 42.7 Å². The predicted molar refractivity (Wildman–Crippen MR) is 139 cm³/mol. The fraction of sp³-hybridized carbons (Fsp3) is 0.333. The molecule has 0 aliphatic carbocycles. The Morgan fingerprint density at radius 2 is 1.56 bits per heavy atom. The first-order valence-corrected chi connectivity index (χ1v) is 13.4. The van der Waals surface area contributed by atoms with E-state index in [0.717, 1.165) is 5.56 Å². The van der Waals surface area contributed by atoms with E-state index in [0.29, 0.717) is 23.3 Å². The zero-order chi connectivity index (χ0) is 26.0. The number of rotatable bonds is 4. The molecule has 0 amide bonds. The summed E-state index contributed by atoms with van der Waals surface area (Å²) in [7, 11) is -2.89. The van der Waals surface area contributed by atoms with Gasteiger partial charge >= 0.3 is 7.12 Å². The first-order valence-electron chi connectivity index (χ1n) is 11.9. The summed E-state index contributed by atoms with van der Waals surface area (Å²) in [6.07, 6.45) is 1.92. The Balaban J connectivity index is 1.75. The van der Waals surface area contributed by atoms with Crippen molar-refractivity contribution in [3.05, 3.63) is 83.4 Å². The summed E-state index contributed by atoms with van der Waals surface area (Å²) in [6, 6.07) is 14.6. The highest BCUT2D eigenvalue weighted by atomic mass is 32.2. The molecule has 2 aliphatic heterocycles. The second kappa shape index (κ2) is 8.33. The summed E-state index contributed by atoms with van der Waals surface area (Å²) < 4.78 is 57.1. The lowest BCUT2D eigenvalue weighted by molar-refractivity contribution is 0.00578. The minimum atomic E-state index is -4.05. The molecule has 188 valence electrons. The molecular formula is C27H30BFN2O4S. The van der Waals surface area contributed by atoms with Gasteiger partial charge in [0.1, 0.15) is 5.82 Å². The van der Waals surface area contributed by atoms with Gasteiger partial charge in [-0.15, -0.1) is 0 Å². The maximum atomic E-state index is 15.1. The third-order valence-electron chi connectivity index (χ3n) is 7.34. The molecular weight excluding hydrogens is 478 g/mol. The first kappa shape index (κ1) is 24.8. The van der Waals surface area contributed by atoms with Gasteiger partial charge in [0.15, 0.2) is 0 Å². The van der Waals surface area contributed by atoms with Gasteiger partial charge in [0.25, 0.3) is 10.0 Å². The van der Waals surface area contributed by atoms with Gasteiger partial charge in [0.05, 0.1) is 34.0 Å². The van der Waals surface area contributed by atoms with E-state index in [1.807, 2.05) is 52.8 Å². The summed E-state index contributed by atoms with van der Waals surface area (Å²) in [6.45, 7) is 10.1. The topological polar surface area (TPSA) is 60.8 Å². The van der Waals surface area contributed by atoms with Crippen LogP contribution in [0.15, 0.2) is 65.7 Å². The Bertz CT molecular complexity index is 1460. The number of benzene rings is 2. The van der Waals surface area contributed by atoms with E-state index in [4.69, 9.17) is 9.31 Å². The SMILES string of the molecule is Cc1ccc(S(=O)(=O)n2c(-c3ccccc3F)cc3c2CN(C)C=C3B2OC(C)(C)C(C)(C)O2)cc1. The molecule has 3 aromatic rings. The molecule has 1 aromatic heterocycles. The van der Waals surface area contributed by atoms with E-state index in [1.54, 1.807) is 48.5 Å². The number of fused-ring (bicyclic) bond motifs is 1. The zero-order valence-electron chi connectivity index (χ0n) is 21.4. The van der Waals surface area contributed by atoms with E-state index in [-0.39, 0.29) is 16.2 Å². The maximum absolute atomic E-state index is 15.1. The molecule has 0 bridgehead atoms. The molecule has 1 fully saturated rings. The van der Waals surface area contributed by atoms with Gasteiger partial charge in [0.2, 0.25) is 0 Å². The van der Waals surface area contributed by atoms with Crippen molar-refractivity contribution in [1.29, 1.82) is 0 Å². The molecule has 0 N–H and O–H groups in total. The molecule has 5 rings (SSSR count). The lowest BCUT2D eigenvalue weighted by Crippen LogP contribution is -2.41. The zero-order valence-corrected chi connectivity index (χ0v) is 22.2. The summed E-state index contributed by atoms with van der Waals surface area (Å²) >= 11 is 0. The van der Waals surface area contributed by atoms with Gasteiger partial charge in [-0.25, -0.2) is 16.8 Å². The van der Waals surface area contributed by atoms with Crippen LogP contribution in [0.2, 0.25) is 0 Å². The van der Waals surface area contributed by atoms with E-state index < -0.39 is 34.2 Å². The molecule has 36 heavy (non-hydrogen) atoms. The van der Waals surface area contributed by atoms with Gasteiger partial charge in [-0.05, 0) is 71.2 Å². The first-order chi connectivity index (χ1) is 16.8. The summed E-state index contributed by atoms with van der Waals surface area (Å²) in [5, 5.41) is 0. The molecule has 0 atom stereocenters. The fourth-order valence-corrected chi connectivity index (χ4v) is 6.17. The Kier molecular flexibility index (Phi) is 5.74. The Morgan fingerprint density at radius 1 is 0.944 bits per heavy atom. The average molecular weight is 508 g/mol. The smallest absolute Gasteiger partial charge is 0.399 e. The number of aromatic nitrogens is 1. The Morgan fingerprint density at radius 3 is 2.17 bits per heavy atom. The number of aryl methyl sites for hydroxylation is 1. The molecule has 3 heterocycles. The molecule has 2 aromatic carbocycles. The van der Waals surface area contributed by atoms with Crippen molar-refractivity contribution in [1.82, 2.24) is 8.87 Å². The van der Waals surface area contributed by atoms with Gasteiger partial charge < -0.3 is 14.2 Å². The van der Waals surface area contributed by atoms with Crippen LogP contribution in [0, 0.1) is 12.7 Å². The van der Waals surface area contributed by atoms with Gasteiger partial charge in [-0.2, -0.15) is 0 Å². The highest BCUT2D eigenvalue weighted by Gasteiger charge is 2.53. The number of nitrogens with zero attached hydrogens (tertiary/aromatic N) is 2. The highest BCUT2D eigenvalue weighted by molar-refractivity contribution is 7.90. The van der Waals surface area contributed by atoms with Crippen molar-refractivity contribution in [2.45, 2.75) is 57.3 Å². The quantitative estimate of drug-likeness (QED) is 0.451. The molecule has 0 unspecified atom stereocenters. The molecule has 2 aliphatic rings. The summed E-state index contributed by atoms with van der Waals surface area (Å²) in [5.74, 6) is -0.498. The highest BCUT2D eigenvalue weighted by Crippen LogP contribution is 2.44. The van der Waals surface area contributed by atoms with E-state index >= 15 is 4.39 Å². The molecule has 6 nitrogen and oxygen atoms in total. The largest absolute Gasteiger partial charge is 0.497 e. The standard InChI is InChI=1S/C27H30BFN2O4S/c1-18-11-13-19(14-12-18)36(32,33)31-24(20-9-7-8-10-23(20)29)15-21-22(16-30(6)17-25(21)31)28-34-26(2,3)27(4,5)35-28/h7-16H,17H2,1-6H3. The monoisotopic (exact) mass is 508 g/mol. The van der Waals surface area contributed by atoms with Crippen molar-refractivity contribution < 1.29 is 22.1 Å². The van der Waals surface area contributed by atoms with E-state index in [1.165, 1.54) is 10.0 Å². The van der Waals surface area contributed by atoms with Crippen molar-refractivity contribution in [3.63, 3.8) is 0 Å². The molecule has 0 spiro atoms. The minimum Gasteiger partial charge on any atom is -0.399 e. The maximum Gasteiger partial charge on any atom is 0.497 e. The van der Waals surface area contributed by atoms with E-state index in [9.17, 15) is 8.42 Å². The second-order valence-corrected chi connectivity index (χ2v) is 12.3. The van der Waals surface area contributed by atoms with Crippen LogP contribution in [0.1, 0.15) is 44.5 Å². The third-order valence-corrected chi connectivity index (χ3v) is 9.11. The van der Waals surface area contributed by atoms with Crippen molar-refractivity contribution in [2.75, 3.05) is 7.05 Å². The van der Waals surface area contributed by atoms with Crippen LogP contribution in [0.25, 0.3) is 16.7 Å². The van der Waals surface area contributed by atoms with Gasteiger partial charge in [0, 0.05) is 23.6 Å². The van der Waals surface area contributed by atoms with Crippen molar-refractivity contribution in [2.24, 2.45) is 0 Å². The van der Waals surface area contributed by atoms with Crippen LogP contribution < -0.4 is 0 Å². The van der Waals surface area contributed by atoms with Crippen LogP contribution in [0.4, 0.5) is 4.39 Å². The van der Waals surface area contributed by atoms with Crippen LogP contribution >= 0.6 is 0 Å². The second-order valence-electron chi connectivity index (χ2n) is 10.5. The lowest BCUT2D eigenvalue weighted by Gasteiger charge is -2.32. The Labute approximate surface area is 212 Å². The molecule has 0 saturated carbocycles. The van der Waals surface area contributed by atoms with Gasteiger partial charge in [-0.3, -0.25) is 0 Å². The Hall–Kier alpha value is -2.88. The third kappa shape index (κ3) is 3.90. The van der Waals surface area contributed by atoms with Crippen molar-refractivity contribution in [3.8, 4) is 11.3 Å². The summed E-state index contributed by atoms with van der Waals surface area (Å²) in [4.78, 5) is 2.04. The summed E-state index contributed by atoms with van der Waals surface area (Å²) in [5.41, 5.74) is 2.18. The van der Waals surface area contributed by atoms with Gasteiger partial charge in [-0.1, -0.05) is 29.8 Å². The van der Waals surface area contributed by atoms with Crippen LogP contribution in [-0.2, 0) is 25.9 Å². The molecule has 1 saturated heterocycles. The van der Waals surface area contributed by atoms with E-state index in [2.05, 4.69) is 0 Å². The van der Waals surface area contributed by atoms with Crippen molar-refractivity contribution >= 4 is 22.6 Å². The number of hydrogen-bond acceptors (Lipinski definition) is 5. The normalized spacial score (nSPS) is 18.8. The molecule has 0 radical (unpaired) electrons. The fourth-order valence-electron chi connectivity index (χ4n) is 4.63. The van der Waals surface area contributed by atoms with Crippen LogP contribution in [0.5, 0.6) is 0 Å². The molecule has 9 heteroatoms. The minimum absolute atomic E-state index is 0.137.